The van der Waals surface area contributed by atoms with Gasteiger partial charge in [-0.1, -0.05) is 18.6 Å². The lowest BCUT2D eigenvalue weighted by molar-refractivity contribution is 0.549. The molecule has 0 aliphatic carbocycles. The van der Waals surface area contributed by atoms with Gasteiger partial charge in [0.05, 0.1) is 17.4 Å². The van der Waals surface area contributed by atoms with E-state index in [1.807, 2.05) is 4.68 Å². The number of aromatic nitrogens is 2. The molecule has 1 unspecified atom stereocenters. The Labute approximate surface area is 97.5 Å². The summed E-state index contributed by atoms with van der Waals surface area (Å²) in [4.78, 5) is 0. The van der Waals surface area contributed by atoms with Crippen LogP contribution in [0.4, 0.5) is 0 Å². The number of nitrogens with two attached hydrogens (primary N) is 1. The molecule has 90 valence electrons. The number of aryl methyl sites for hydroxylation is 2. The molecule has 0 fully saturated rings. The van der Waals surface area contributed by atoms with Crippen molar-refractivity contribution in [3.8, 4) is 0 Å². The molecule has 4 heteroatoms. The molecule has 1 atom stereocenters. The van der Waals surface area contributed by atoms with Gasteiger partial charge in [0.1, 0.15) is 0 Å². The molecular formula is C12H22N4. The fourth-order valence-electron chi connectivity index (χ4n) is 1.72. The normalized spacial score (nSPS) is 12.6. The first-order valence-electron chi connectivity index (χ1n) is 5.80. The molecule has 0 aromatic carbocycles. The maximum atomic E-state index is 5.59. The second-order valence-electron chi connectivity index (χ2n) is 4.12. The zero-order valence-electron chi connectivity index (χ0n) is 10.6. The van der Waals surface area contributed by atoms with Gasteiger partial charge in [-0.15, -0.1) is 0 Å². The van der Waals surface area contributed by atoms with Crippen LogP contribution in [0.15, 0.2) is 17.7 Å². The van der Waals surface area contributed by atoms with E-state index in [1.165, 1.54) is 5.57 Å². The van der Waals surface area contributed by atoms with Crippen LogP contribution in [0, 0.1) is 0 Å². The molecule has 3 N–H and O–H groups in total. The fraction of sp³-hybridized carbons (Fsp3) is 0.583. The summed E-state index contributed by atoms with van der Waals surface area (Å²) in [7, 11) is 0. The van der Waals surface area contributed by atoms with Crippen molar-refractivity contribution in [2.75, 3.05) is 0 Å². The average Bonchev–Trinajstić information content (AvgIpc) is 2.68. The lowest BCUT2D eigenvalue weighted by atomic mass is 10.1. The van der Waals surface area contributed by atoms with Crippen molar-refractivity contribution in [1.29, 1.82) is 0 Å². The first-order chi connectivity index (χ1) is 7.62. The molecule has 1 rings (SSSR count). The predicted molar refractivity (Wildman–Crippen MR) is 66.8 cm³/mol. The molecule has 16 heavy (non-hydrogen) atoms. The fourth-order valence-corrected chi connectivity index (χ4v) is 1.72. The standard InChI is InChI=1S/C12H22N4/c1-5-10-8-12(16(6-2)15-10)11(14-13)7-9(3)4/h7-8,11,14H,5-6,13H2,1-4H3. The molecule has 0 amide bonds. The van der Waals surface area contributed by atoms with Gasteiger partial charge in [-0.3, -0.25) is 10.5 Å². The largest absolute Gasteiger partial charge is 0.271 e. The van der Waals surface area contributed by atoms with Gasteiger partial charge in [0.25, 0.3) is 0 Å². The van der Waals surface area contributed by atoms with E-state index in [9.17, 15) is 0 Å². The van der Waals surface area contributed by atoms with E-state index in [2.05, 4.69) is 50.4 Å². The van der Waals surface area contributed by atoms with Crippen LogP contribution in [0.25, 0.3) is 0 Å². The van der Waals surface area contributed by atoms with E-state index in [0.717, 1.165) is 24.4 Å². The third-order valence-corrected chi connectivity index (χ3v) is 2.52. The van der Waals surface area contributed by atoms with Gasteiger partial charge in [-0.2, -0.15) is 5.10 Å². The summed E-state index contributed by atoms with van der Waals surface area (Å²) in [5.41, 5.74) is 6.30. The van der Waals surface area contributed by atoms with Crippen LogP contribution in [0.3, 0.4) is 0 Å². The summed E-state index contributed by atoms with van der Waals surface area (Å²) in [6.07, 6.45) is 3.06. The molecule has 4 nitrogen and oxygen atoms in total. The number of nitrogens with zero attached hydrogens (tertiary/aromatic N) is 2. The van der Waals surface area contributed by atoms with Crippen molar-refractivity contribution < 1.29 is 0 Å². The molecule has 0 aliphatic heterocycles. The van der Waals surface area contributed by atoms with Crippen LogP contribution >= 0.6 is 0 Å². The Morgan fingerprint density at radius 3 is 2.69 bits per heavy atom. The summed E-state index contributed by atoms with van der Waals surface area (Å²) >= 11 is 0. The second kappa shape index (κ2) is 5.82. The van der Waals surface area contributed by atoms with Gasteiger partial charge >= 0.3 is 0 Å². The Balaban J connectivity index is 3.07. The first-order valence-corrected chi connectivity index (χ1v) is 5.80. The van der Waals surface area contributed by atoms with Gasteiger partial charge in [-0.25, -0.2) is 5.43 Å². The molecule has 1 heterocycles. The van der Waals surface area contributed by atoms with Crippen LogP contribution in [-0.2, 0) is 13.0 Å². The average molecular weight is 222 g/mol. The Kier molecular flexibility index (Phi) is 4.71. The van der Waals surface area contributed by atoms with Crippen molar-refractivity contribution in [3.63, 3.8) is 0 Å². The Hall–Kier alpha value is -1.13. The Bertz CT molecular complexity index is 361. The highest BCUT2D eigenvalue weighted by Gasteiger charge is 2.13. The molecule has 0 spiro atoms. The predicted octanol–water partition coefficient (Wildman–Crippen LogP) is 1.94. The van der Waals surface area contributed by atoms with E-state index in [1.54, 1.807) is 0 Å². The summed E-state index contributed by atoms with van der Waals surface area (Å²) < 4.78 is 2.00. The topological polar surface area (TPSA) is 55.9 Å². The van der Waals surface area contributed by atoms with Crippen molar-refractivity contribution in [2.45, 2.75) is 46.7 Å². The minimum absolute atomic E-state index is 0.0396. The smallest absolute Gasteiger partial charge is 0.0811 e. The lowest BCUT2D eigenvalue weighted by Gasteiger charge is -2.13. The van der Waals surface area contributed by atoms with Crippen LogP contribution in [0.5, 0.6) is 0 Å². The van der Waals surface area contributed by atoms with Gasteiger partial charge < -0.3 is 0 Å². The third kappa shape index (κ3) is 2.93. The Morgan fingerprint density at radius 2 is 2.25 bits per heavy atom. The number of rotatable bonds is 5. The third-order valence-electron chi connectivity index (χ3n) is 2.52. The first kappa shape index (κ1) is 12.9. The van der Waals surface area contributed by atoms with Crippen molar-refractivity contribution >= 4 is 0 Å². The van der Waals surface area contributed by atoms with E-state index in [-0.39, 0.29) is 6.04 Å². The van der Waals surface area contributed by atoms with Crippen LogP contribution < -0.4 is 11.3 Å². The van der Waals surface area contributed by atoms with Gasteiger partial charge in [-0.05, 0) is 33.3 Å². The van der Waals surface area contributed by atoms with E-state index < -0.39 is 0 Å². The number of hydrazine groups is 1. The maximum absolute atomic E-state index is 5.59. The quantitative estimate of drug-likeness (QED) is 0.455. The molecule has 0 radical (unpaired) electrons. The van der Waals surface area contributed by atoms with Crippen LogP contribution in [0.1, 0.15) is 45.1 Å². The van der Waals surface area contributed by atoms with Gasteiger partial charge in [0, 0.05) is 6.54 Å². The second-order valence-corrected chi connectivity index (χ2v) is 4.12. The van der Waals surface area contributed by atoms with E-state index in [4.69, 9.17) is 5.84 Å². The minimum atomic E-state index is 0.0396. The molecule has 0 saturated carbocycles. The summed E-state index contributed by atoms with van der Waals surface area (Å²) in [5.74, 6) is 5.59. The number of hydrogen-bond acceptors (Lipinski definition) is 3. The van der Waals surface area contributed by atoms with Crippen molar-refractivity contribution in [1.82, 2.24) is 15.2 Å². The summed E-state index contributed by atoms with van der Waals surface area (Å²) in [6, 6.07) is 2.16. The minimum Gasteiger partial charge on any atom is -0.271 e. The molecule has 1 aromatic heterocycles. The summed E-state index contributed by atoms with van der Waals surface area (Å²) in [5, 5.41) is 4.52. The van der Waals surface area contributed by atoms with Crippen LogP contribution in [-0.4, -0.2) is 9.78 Å². The highest BCUT2D eigenvalue weighted by atomic mass is 15.3. The SMILES string of the molecule is CCc1cc(C(C=C(C)C)NN)n(CC)n1. The monoisotopic (exact) mass is 222 g/mol. The lowest BCUT2D eigenvalue weighted by Crippen LogP contribution is -2.28. The highest BCUT2D eigenvalue weighted by molar-refractivity contribution is 5.20. The number of allylic oxidation sites excluding steroid dienone is 1. The van der Waals surface area contributed by atoms with E-state index >= 15 is 0 Å². The molecule has 0 aliphatic rings. The highest BCUT2D eigenvalue weighted by Crippen LogP contribution is 2.17. The molecule has 1 aromatic rings. The van der Waals surface area contributed by atoms with Gasteiger partial charge in [0.2, 0.25) is 0 Å². The maximum Gasteiger partial charge on any atom is 0.0811 e. The van der Waals surface area contributed by atoms with Gasteiger partial charge in [0.15, 0.2) is 0 Å². The molecule has 0 saturated heterocycles. The zero-order valence-corrected chi connectivity index (χ0v) is 10.6. The number of hydrogen-bond donors (Lipinski definition) is 2. The van der Waals surface area contributed by atoms with Crippen molar-refractivity contribution in [2.24, 2.45) is 5.84 Å². The van der Waals surface area contributed by atoms with Crippen LogP contribution in [0.2, 0.25) is 0 Å². The summed E-state index contributed by atoms with van der Waals surface area (Å²) in [6.45, 7) is 9.20. The van der Waals surface area contributed by atoms with Crippen molar-refractivity contribution in [3.05, 3.63) is 29.1 Å². The number of nitrogens with one attached hydrogen (secondary N) is 1. The Morgan fingerprint density at radius 1 is 1.56 bits per heavy atom. The zero-order chi connectivity index (χ0) is 12.1. The van der Waals surface area contributed by atoms with E-state index in [0.29, 0.717) is 0 Å². The molecule has 0 bridgehead atoms. The molecular weight excluding hydrogens is 200 g/mol.